The largest absolute Gasteiger partial charge is 0.459 e. The summed E-state index contributed by atoms with van der Waals surface area (Å²) < 4.78 is 14.5. The van der Waals surface area contributed by atoms with Crippen LogP contribution < -0.4 is 4.57 Å². The van der Waals surface area contributed by atoms with Crippen molar-refractivity contribution in [2.24, 2.45) is 5.92 Å². The number of nitrogens with zero attached hydrogens (tertiary/aromatic N) is 2. The van der Waals surface area contributed by atoms with E-state index in [0.717, 1.165) is 45.7 Å². The number of rotatable bonds is 7. The molecule has 0 saturated heterocycles. The summed E-state index contributed by atoms with van der Waals surface area (Å²) in [5.74, 6) is 1.44. The Hall–Kier alpha value is -3.80. The van der Waals surface area contributed by atoms with Crippen LogP contribution in [-0.4, -0.2) is 30.4 Å². The van der Waals surface area contributed by atoms with Gasteiger partial charge in [0.25, 0.3) is 0 Å². The lowest BCUT2D eigenvalue weighted by atomic mass is 9.74. The molecule has 3 aromatic heterocycles. The van der Waals surface area contributed by atoms with Crippen LogP contribution in [-0.2, 0) is 16.6 Å². The van der Waals surface area contributed by atoms with E-state index in [1.165, 1.54) is 27.5 Å². The van der Waals surface area contributed by atoms with Crippen molar-refractivity contribution in [1.29, 1.82) is 0 Å². The zero-order valence-electron chi connectivity index (χ0n) is 25.6. The van der Waals surface area contributed by atoms with E-state index < -0.39 is 0 Å². The normalized spacial score (nSPS) is 16.7. The summed E-state index contributed by atoms with van der Waals surface area (Å²) in [6.07, 6.45) is 4.87. The van der Waals surface area contributed by atoms with Gasteiger partial charge in [0.2, 0.25) is 5.69 Å². The van der Waals surface area contributed by atoms with Gasteiger partial charge in [-0.05, 0) is 50.9 Å². The van der Waals surface area contributed by atoms with Gasteiger partial charge in [-0.25, -0.2) is 0 Å². The van der Waals surface area contributed by atoms with Gasteiger partial charge in [-0.2, -0.15) is 4.57 Å². The molecule has 2 unspecified atom stereocenters. The van der Waals surface area contributed by atoms with E-state index >= 15 is 0 Å². The van der Waals surface area contributed by atoms with Gasteiger partial charge in [0.15, 0.2) is 17.8 Å². The highest BCUT2D eigenvalue weighted by Gasteiger charge is 2.43. The smallest absolute Gasteiger partial charge is 0.213 e. The third kappa shape index (κ3) is 4.75. The first-order chi connectivity index (χ1) is 20.1. The van der Waals surface area contributed by atoms with Crippen molar-refractivity contribution in [2.75, 3.05) is 20.3 Å². The second-order valence-corrected chi connectivity index (χ2v) is 13.1. The molecule has 0 saturated carbocycles. The second kappa shape index (κ2) is 10.8. The molecule has 4 heterocycles. The van der Waals surface area contributed by atoms with Crippen LogP contribution in [0.25, 0.3) is 44.3 Å². The molecule has 42 heavy (non-hydrogen) atoms. The fraction of sp³-hybridized carbons (Fsp3) is 0.351. The van der Waals surface area contributed by atoms with Crippen LogP contribution in [0.4, 0.5) is 0 Å². The SMILES string of the molecule is C=C(CO)C1C(COC)c2c(cc(C(C)(C)C)c3ccccc23)-c2cc(-c3ccnc4cc(CC(C)C)oc34)cc[n+]21. The predicted octanol–water partition coefficient (Wildman–Crippen LogP) is 7.93. The number of hydrogen-bond donors (Lipinski definition) is 1. The Kier molecular flexibility index (Phi) is 7.28. The van der Waals surface area contributed by atoms with E-state index in [9.17, 15) is 5.11 Å². The molecule has 1 aliphatic heterocycles. The van der Waals surface area contributed by atoms with Crippen LogP contribution in [0.1, 0.15) is 63.5 Å². The first kappa shape index (κ1) is 28.3. The Bertz CT molecular complexity index is 1810. The average Bonchev–Trinajstić information content (AvgIpc) is 3.37. The zero-order valence-corrected chi connectivity index (χ0v) is 25.6. The Labute approximate surface area is 248 Å². The van der Waals surface area contributed by atoms with E-state index in [-0.39, 0.29) is 24.0 Å². The molecule has 0 aliphatic carbocycles. The highest BCUT2D eigenvalue weighted by molar-refractivity contribution is 5.96. The Balaban J connectivity index is 1.66. The van der Waals surface area contributed by atoms with Gasteiger partial charge in [0.1, 0.15) is 11.3 Å². The van der Waals surface area contributed by atoms with Crippen LogP contribution >= 0.6 is 0 Å². The highest BCUT2D eigenvalue weighted by atomic mass is 16.5. The Morgan fingerprint density at radius 1 is 1.07 bits per heavy atom. The lowest BCUT2D eigenvalue weighted by molar-refractivity contribution is -0.709. The van der Waals surface area contributed by atoms with Gasteiger partial charge in [0, 0.05) is 49.1 Å². The fourth-order valence-corrected chi connectivity index (χ4v) is 6.77. The quantitative estimate of drug-likeness (QED) is 0.162. The number of hydrogen-bond acceptors (Lipinski definition) is 4. The minimum absolute atomic E-state index is 0.0109. The van der Waals surface area contributed by atoms with Crippen molar-refractivity contribution in [3.05, 3.63) is 96.0 Å². The second-order valence-electron chi connectivity index (χ2n) is 13.1. The molecular formula is C37H41N2O3+. The van der Waals surface area contributed by atoms with Crippen molar-refractivity contribution in [3.8, 4) is 22.4 Å². The number of fused-ring (bicyclic) bond motifs is 6. The molecule has 0 radical (unpaired) electrons. The molecule has 5 aromatic rings. The first-order valence-corrected chi connectivity index (χ1v) is 14.9. The van der Waals surface area contributed by atoms with Crippen LogP contribution in [0, 0.1) is 5.92 Å². The molecule has 0 fully saturated rings. The van der Waals surface area contributed by atoms with E-state index in [2.05, 4.69) is 105 Å². The molecule has 0 bridgehead atoms. The van der Waals surface area contributed by atoms with E-state index in [4.69, 9.17) is 9.15 Å². The number of aliphatic hydroxyl groups is 1. The van der Waals surface area contributed by atoms with E-state index in [1.807, 2.05) is 12.3 Å². The predicted molar refractivity (Wildman–Crippen MR) is 170 cm³/mol. The lowest BCUT2D eigenvalue weighted by Crippen LogP contribution is -2.49. The minimum Gasteiger partial charge on any atom is -0.459 e. The van der Waals surface area contributed by atoms with E-state index in [0.29, 0.717) is 12.5 Å². The van der Waals surface area contributed by atoms with E-state index in [1.54, 1.807) is 7.11 Å². The molecule has 1 N–H and O–H groups in total. The maximum Gasteiger partial charge on any atom is 0.213 e. The molecule has 1 aliphatic rings. The summed E-state index contributed by atoms with van der Waals surface area (Å²) in [5.41, 5.74) is 9.31. The molecule has 0 amide bonds. The summed E-state index contributed by atoms with van der Waals surface area (Å²) in [5, 5.41) is 12.8. The van der Waals surface area contributed by atoms with Gasteiger partial charge in [-0.3, -0.25) is 4.98 Å². The van der Waals surface area contributed by atoms with Crippen LogP contribution in [0.15, 0.2) is 83.6 Å². The molecule has 0 spiro atoms. The maximum atomic E-state index is 10.4. The summed E-state index contributed by atoms with van der Waals surface area (Å²) >= 11 is 0. The Morgan fingerprint density at radius 3 is 2.52 bits per heavy atom. The third-order valence-electron chi connectivity index (χ3n) is 8.56. The van der Waals surface area contributed by atoms with Crippen molar-refractivity contribution >= 4 is 21.9 Å². The molecule has 6 rings (SSSR count). The maximum absolute atomic E-state index is 10.4. The molecule has 2 aromatic carbocycles. The number of pyridine rings is 2. The lowest BCUT2D eigenvalue weighted by Gasteiger charge is -2.34. The standard InChI is InChI=1S/C37H41N2O3/c1-22(2)16-25-18-32-36(42-25)26(12-14-38-32)24-13-15-39-33(17-24)29-19-31(37(4,5)6)27-10-8-9-11-28(27)34(29)30(21-41-7)35(39)23(3)20-40/h8-15,17-19,22,30,35,40H,3,16,20-21H2,1-2,4-7H3/q+1. The number of ether oxygens (including phenoxy) is 1. The molecule has 2 atom stereocenters. The van der Waals surface area contributed by atoms with Crippen molar-refractivity contribution < 1.29 is 18.8 Å². The van der Waals surface area contributed by atoms with Crippen molar-refractivity contribution in [3.63, 3.8) is 0 Å². The number of furan rings is 1. The molecule has 5 nitrogen and oxygen atoms in total. The van der Waals surface area contributed by atoms with Gasteiger partial charge in [0.05, 0.1) is 24.7 Å². The minimum atomic E-state index is -0.158. The fourth-order valence-electron chi connectivity index (χ4n) is 6.77. The first-order valence-electron chi connectivity index (χ1n) is 14.9. The average molecular weight is 562 g/mol. The summed E-state index contributed by atoms with van der Waals surface area (Å²) in [6.45, 7) is 16.0. The summed E-state index contributed by atoms with van der Waals surface area (Å²) in [4.78, 5) is 4.62. The van der Waals surface area contributed by atoms with Crippen LogP contribution in [0.5, 0.6) is 0 Å². The van der Waals surface area contributed by atoms with Crippen molar-refractivity contribution in [1.82, 2.24) is 4.98 Å². The van der Waals surface area contributed by atoms with Gasteiger partial charge in [-0.15, -0.1) is 0 Å². The zero-order chi connectivity index (χ0) is 29.8. The van der Waals surface area contributed by atoms with Gasteiger partial charge >= 0.3 is 0 Å². The van der Waals surface area contributed by atoms with Crippen LogP contribution in [0.2, 0.25) is 0 Å². The number of aliphatic hydroxyl groups excluding tert-OH is 1. The molecular weight excluding hydrogens is 520 g/mol. The topological polar surface area (TPSA) is 59.4 Å². The Morgan fingerprint density at radius 2 is 1.83 bits per heavy atom. The number of aromatic nitrogens is 2. The molecule has 216 valence electrons. The van der Waals surface area contributed by atoms with Gasteiger partial charge < -0.3 is 14.3 Å². The monoisotopic (exact) mass is 561 g/mol. The molecule has 5 heteroatoms. The summed E-state index contributed by atoms with van der Waals surface area (Å²) in [6, 6.07) is 19.4. The van der Waals surface area contributed by atoms with Crippen molar-refractivity contribution in [2.45, 2.75) is 58.4 Å². The number of benzene rings is 2. The highest BCUT2D eigenvalue weighted by Crippen LogP contribution is 2.47. The van der Waals surface area contributed by atoms with Crippen LogP contribution in [0.3, 0.4) is 0 Å². The van der Waals surface area contributed by atoms with Gasteiger partial charge in [-0.1, -0.05) is 65.5 Å². The third-order valence-corrected chi connectivity index (χ3v) is 8.56. The number of methoxy groups -OCH3 is 1. The summed E-state index contributed by atoms with van der Waals surface area (Å²) in [7, 11) is 1.75.